The molecule has 2 aromatic rings. The molecule has 1 amide bonds. The van der Waals surface area contributed by atoms with Crippen LogP contribution in [0.2, 0.25) is 0 Å². The van der Waals surface area contributed by atoms with Gasteiger partial charge in [0.25, 0.3) is 0 Å². The molecule has 0 spiro atoms. The number of piperazine rings is 1. The molecule has 5 rings (SSSR count). The first-order chi connectivity index (χ1) is 18.7. The zero-order valence-corrected chi connectivity index (χ0v) is 23.8. The molecule has 2 saturated carbocycles. The van der Waals surface area contributed by atoms with Crippen molar-refractivity contribution in [3.63, 3.8) is 0 Å². The number of hydrogen-bond acceptors (Lipinski definition) is 8. The maximum absolute atomic E-state index is 13.0. The number of β-amino-alcohol motifs (C(OH)–C–C–N with tert-alkyl or cyclic N) is 1. The summed E-state index contributed by atoms with van der Waals surface area (Å²) in [6.45, 7) is 6.28. The van der Waals surface area contributed by atoms with Gasteiger partial charge in [0.1, 0.15) is 0 Å². The molecular weight excluding hydrogens is 490 g/mol. The molecule has 1 saturated heterocycles. The standard InChI is InChI=1S/C30H45N7O2/c1-24(38)37(26-20-32-27(33-21-26)36-18-16-31-17-19-36)23-28(34-22-29(39)10-7-11-29)12-14-30(15-13-28,35(2)3)25-8-5-4-6-9-25/h4-6,8-9,20-21,31,34,39H,7,10-19,22-23H2,1-3H3. The van der Waals surface area contributed by atoms with Crippen LogP contribution in [-0.2, 0) is 10.3 Å². The van der Waals surface area contributed by atoms with Gasteiger partial charge in [-0.1, -0.05) is 30.3 Å². The van der Waals surface area contributed by atoms with Crippen LogP contribution in [0, 0.1) is 0 Å². The van der Waals surface area contributed by atoms with Crippen molar-refractivity contribution in [1.29, 1.82) is 0 Å². The average molecular weight is 536 g/mol. The van der Waals surface area contributed by atoms with Crippen molar-refractivity contribution >= 4 is 17.5 Å². The number of anilines is 2. The van der Waals surface area contributed by atoms with E-state index in [1.54, 1.807) is 19.3 Å². The fourth-order valence-electron chi connectivity index (χ4n) is 6.56. The van der Waals surface area contributed by atoms with Gasteiger partial charge in [0.05, 0.1) is 23.7 Å². The van der Waals surface area contributed by atoms with Crippen LogP contribution in [0.4, 0.5) is 11.6 Å². The van der Waals surface area contributed by atoms with Gasteiger partial charge < -0.3 is 25.5 Å². The lowest BCUT2D eigenvalue weighted by Crippen LogP contribution is -2.63. The molecule has 3 N–H and O–H groups in total. The van der Waals surface area contributed by atoms with Crippen molar-refractivity contribution in [1.82, 2.24) is 25.5 Å². The second-order valence-corrected chi connectivity index (χ2v) is 12.1. The number of benzene rings is 1. The minimum atomic E-state index is -0.641. The molecule has 9 nitrogen and oxygen atoms in total. The summed E-state index contributed by atoms with van der Waals surface area (Å²) in [6.07, 6.45) is 10.0. The number of nitrogens with zero attached hydrogens (tertiary/aromatic N) is 5. The number of carbonyl (C=O) groups is 1. The summed E-state index contributed by atoms with van der Waals surface area (Å²) in [5.74, 6) is 0.685. The summed E-state index contributed by atoms with van der Waals surface area (Å²) in [5, 5.41) is 18.1. The highest BCUT2D eigenvalue weighted by molar-refractivity contribution is 5.91. The summed E-state index contributed by atoms with van der Waals surface area (Å²) in [6, 6.07) is 10.8. The van der Waals surface area contributed by atoms with Gasteiger partial charge in [-0.2, -0.15) is 0 Å². The number of hydrogen-bond donors (Lipinski definition) is 3. The quantitative estimate of drug-likeness (QED) is 0.451. The van der Waals surface area contributed by atoms with Gasteiger partial charge in [0.15, 0.2) is 0 Å². The molecule has 39 heavy (non-hydrogen) atoms. The van der Waals surface area contributed by atoms with Crippen molar-refractivity contribution < 1.29 is 9.90 Å². The Balaban J connectivity index is 1.38. The normalized spacial score (nSPS) is 26.7. The Morgan fingerprint density at radius 1 is 1.03 bits per heavy atom. The first-order valence-electron chi connectivity index (χ1n) is 14.5. The number of amides is 1. The molecule has 1 aromatic carbocycles. The topological polar surface area (TPSA) is 96.9 Å². The minimum Gasteiger partial charge on any atom is -0.389 e. The maximum atomic E-state index is 13.0. The maximum Gasteiger partial charge on any atom is 0.225 e. The molecule has 2 aliphatic carbocycles. The lowest BCUT2D eigenvalue weighted by atomic mass is 9.68. The molecule has 0 unspecified atom stereocenters. The van der Waals surface area contributed by atoms with E-state index in [1.165, 1.54) is 5.56 Å². The molecule has 0 radical (unpaired) electrons. The van der Waals surface area contributed by atoms with Crippen molar-refractivity contribution in [2.45, 2.75) is 68.5 Å². The van der Waals surface area contributed by atoms with Crippen LogP contribution in [0.5, 0.6) is 0 Å². The Morgan fingerprint density at radius 3 is 2.21 bits per heavy atom. The van der Waals surface area contributed by atoms with E-state index in [0.717, 1.165) is 76.8 Å². The lowest BCUT2D eigenvalue weighted by molar-refractivity contribution is -0.117. The highest BCUT2D eigenvalue weighted by Gasteiger charge is 2.47. The third-order valence-electron chi connectivity index (χ3n) is 9.46. The highest BCUT2D eigenvalue weighted by atomic mass is 16.3. The van der Waals surface area contributed by atoms with E-state index in [9.17, 15) is 9.90 Å². The summed E-state index contributed by atoms with van der Waals surface area (Å²) in [7, 11) is 4.34. The van der Waals surface area contributed by atoms with Crippen molar-refractivity contribution in [3.05, 3.63) is 48.3 Å². The minimum absolute atomic E-state index is 0.0236. The molecule has 3 aliphatic rings. The average Bonchev–Trinajstić information content (AvgIpc) is 2.95. The molecule has 9 heteroatoms. The molecule has 3 fully saturated rings. The van der Waals surface area contributed by atoms with Crippen LogP contribution in [0.1, 0.15) is 57.4 Å². The van der Waals surface area contributed by atoms with E-state index in [2.05, 4.69) is 74.8 Å². The smallest absolute Gasteiger partial charge is 0.225 e. The van der Waals surface area contributed by atoms with Gasteiger partial charge in [-0.05, 0) is 64.6 Å². The van der Waals surface area contributed by atoms with Crippen LogP contribution < -0.4 is 20.4 Å². The molecule has 1 aromatic heterocycles. The van der Waals surface area contributed by atoms with Gasteiger partial charge >= 0.3 is 0 Å². The molecule has 1 aliphatic heterocycles. The van der Waals surface area contributed by atoms with Crippen LogP contribution in [-0.4, -0.2) is 90.4 Å². The van der Waals surface area contributed by atoms with E-state index in [4.69, 9.17) is 0 Å². The Labute approximate surface area is 233 Å². The zero-order valence-electron chi connectivity index (χ0n) is 23.8. The van der Waals surface area contributed by atoms with E-state index < -0.39 is 5.60 Å². The number of aliphatic hydroxyl groups is 1. The van der Waals surface area contributed by atoms with Crippen molar-refractivity contribution in [2.24, 2.45) is 0 Å². The van der Waals surface area contributed by atoms with Gasteiger partial charge in [-0.3, -0.25) is 9.69 Å². The fourth-order valence-corrected chi connectivity index (χ4v) is 6.56. The molecule has 0 atom stereocenters. The predicted molar refractivity (Wildman–Crippen MR) is 155 cm³/mol. The number of nitrogens with one attached hydrogen (secondary N) is 2. The number of aromatic nitrogens is 2. The van der Waals surface area contributed by atoms with E-state index >= 15 is 0 Å². The predicted octanol–water partition coefficient (Wildman–Crippen LogP) is 2.51. The van der Waals surface area contributed by atoms with E-state index in [-0.39, 0.29) is 17.0 Å². The Morgan fingerprint density at radius 2 is 1.67 bits per heavy atom. The number of rotatable bonds is 9. The van der Waals surface area contributed by atoms with Gasteiger partial charge in [-0.25, -0.2) is 9.97 Å². The second-order valence-electron chi connectivity index (χ2n) is 12.1. The second kappa shape index (κ2) is 11.5. The van der Waals surface area contributed by atoms with E-state index in [1.807, 2.05) is 4.90 Å². The first kappa shape index (κ1) is 28.0. The molecule has 2 heterocycles. The highest BCUT2D eigenvalue weighted by Crippen LogP contribution is 2.45. The Hall–Kier alpha value is -2.59. The van der Waals surface area contributed by atoms with Crippen LogP contribution in [0.25, 0.3) is 0 Å². The lowest BCUT2D eigenvalue weighted by Gasteiger charge is -2.52. The summed E-state index contributed by atoms with van der Waals surface area (Å²) >= 11 is 0. The Bertz CT molecular complexity index is 1090. The zero-order chi connectivity index (χ0) is 27.5. The number of carbonyl (C=O) groups excluding carboxylic acids is 1. The molecule has 212 valence electrons. The Kier molecular flexibility index (Phi) is 8.24. The van der Waals surface area contributed by atoms with Gasteiger partial charge in [0.2, 0.25) is 11.9 Å². The van der Waals surface area contributed by atoms with Crippen LogP contribution >= 0.6 is 0 Å². The molecular formula is C30H45N7O2. The first-order valence-corrected chi connectivity index (χ1v) is 14.5. The van der Waals surface area contributed by atoms with Gasteiger partial charge in [0, 0.05) is 57.3 Å². The van der Waals surface area contributed by atoms with Crippen molar-refractivity contribution in [2.75, 3.05) is 63.2 Å². The SMILES string of the molecule is CC(=O)N(CC1(NCC2(O)CCC2)CCC(c2ccccc2)(N(C)C)CC1)c1cnc(N2CCNCC2)nc1. The van der Waals surface area contributed by atoms with Crippen LogP contribution in [0.15, 0.2) is 42.7 Å². The van der Waals surface area contributed by atoms with E-state index in [0.29, 0.717) is 19.0 Å². The largest absolute Gasteiger partial charge is 0.389 e. The summed E-state index contributed by atoms with van der Waals surface area (Å²) in [5.41, 5.74) is 1.04. The summed E-state index contributed by atoms with van der Waals surface area (Å²) < 4.78 is 0. The third-order valence-corrected chi connectivity index (χ3v) is 9.46. The van der Waals surface area contributed by atoms with Crippen LogP contribution in [0.3, 0.4) is 0 Å². The summed E-state index contributed by atoms with van der Waals surface area (Å²) in [4.78, 5) is 28.7. The van der Waals surface area contributed by atoms with Gasteiger partial charge in [-0.15, -0.1) is 0 Å². The van der Waals surface area contributed by atoms with Crippen molar-refractivity contribution in [3.8, 4) is 0 Å². The molecule has 0 bridgehead atoms. The monoisotopic (exact) mass is 535 g/mol. The fraction of sp³-hybridized carbons (Fsp3) is 0.633. The third kappa shape index (κ3) is 5.96.